The first kappa shape index (κ1) is 15.2. The fraction of sp³-hybridized carbons (Fsp3) is 0.538. The molecule has 1 atom stereocenters. The van der Waals surface area contributed by atoms with Crippen molar-refractivity contribution in [1.82, 2.24) is 4.72 Å². The normalized spacial score (nSPS) is 22.9. The highest BCUT2D eigenvalue weighted by Crippen LogP contribution is 2.28. The summed E-state index contributed by atoms with van der Waals surface area (Å²) in [6.07, 6.45) is 0.619. The minimum absolute atomic E-state index is 0.0275. The topological polar surface area (TPSA) is 84.9 Å². The van der Waals surface area contributed by atoms with Gasteiger partial charge in [0.15, 0.2) is 0 Å². The lowest BCUT2D eigenvalue weighted by Crippen LogP contribution is -2.46. The van der Waals surface area contributed by atoms with Gasteiger partial charge in [0.25, 0.3) is 0 Å². The standard InChI is InChI=1S/C13H19NO5S/c1-13(5-6-19-9-13)14-20(16,17)12-7-10(8-15)3-4-11(12)18-2/h3-4,7,14-15H,5-6,8-9H2,1-2H3. The molecule has 0 aliphatic carbocycles. The summed E-state index contributed by atoms with van der Waals surface area (Å²) in [6.45, 7) is 2.45. The van der Waals surface area contributed by atoms with Gasteiger partial charge < -0.3 is 14.6 Å². The van der Waals surface area contributed by atoms with Gasteiger partial charge in [-0.2, -0.15) is 0 Å². The molecule has 0 radical (unpaired) electrons. The van der Waals surface area contributed by atoms with Crippen LogP contribution in [0.4, 0.5) is 0 Å². The molecule has 1 heterocycles. The first-order valence-electron chi connectivity index (χ1n) is 6.30. The molecule has 2 rings (SSSR count). The number of nitrogens with one attached hydrogen (secondary N) is 1. The van der Waals surface area contributed by atoms with Gasteiger partial charge in [0.05, 0.1) is 25.9 Å². The van der Waals surface area contributed by atoms with Crippen molar-refractivity contribution in [3.8, 4) is 5.75 Å². The summed E-state index contributed by atoms with van der Waals surface area (Å²) >= 11 is 0. The van der Waals surface area contributed by atoms with Crippen LogP contribution in [0.25, 0.3) is 0 Å². The van der Waals surface area contributed by atoms with Gasteiger partial charge in [0.2, 0.25) is 10.0 Å². The molecule has 1 aliphatic heterocycles. The van der Waals surface area contributed by atoms with Gasteiger partial charge >= 0.3 is 0 Å². The fourth-order valence-electron chi connectivity index (χ4n) is 2.16. The highest BCUT2D eigenvalue weighted by Gasteiger charge is 2.35. The Bertz CT molecular complexity index is 578. The molecule has 6 nitrogen and oxygen atoms in total. The molecule has 0 bridgehead atoms. The van der Waals surface area contributed by atoms with E-state index in [-0.39, 0.29) is 17.3 Å². The summed E-state index contributed by atoms with van der Waals surface area (Å²) in [5.41, 5.74) is -0.0991. The summed E-state index contributed by atoms with van der Waals surface area (Å²) in [5.74, 6) is 0.247. The molecular weight excluding hydrogens is 282 g/mol. The number of hydrogen-bond donors (Lipinski definition) is 2. The van der Waals surface area contributed by atoms with Crippen molar-refractivity contribution >= 4 is 10.0 Å². The molecule has 1 aliphatic rings. The third-order valence-corrected chi connectivity index (χ3v) is 4.96. The van der Waals surface area contributed by atoms with Crippen molar-refractivity contribution < 1.29 is 23.0 Å². The maximum atomic E-state index is 12.5. The SMILES string of the molecule is COc1ccc(CO)cc1S(=O)(=O)NC1(C)CCOC1. The highest BCUT2D eigenvalue weighted by atomic mass is 32.2. The monoisotopic (exact) mass is 301 g/mol. The van der Waals surface area contributed by atoms with Crippen molar-refractivity contribution in [2.75, 3.05) is 20.3 Å². The van der Waals surface area contributed by atoms with Crippen LogP contribution in [0.3, 0.4) is 0 Å². The molecule has 7 heteroatoms. The number of benzene rings is 1. The molecule has 112 valence electrons. The van der Waals surface area contributed by atoms with Gasteiger partial charge in [-0.1, -0.05) is 6.07 Å². The molecule has 1 aromatic rings. The van der Waals surface area contributed by atoms with Crippen LogP contribution >= 0.6 is 0 Å². The summed E-state index contributed by atoms with van der Waals surface area (Å²) in [6, 6.07) is 4.58. The van der Waals surface area contributed by atoms with Crippen LogP contribution in [0, 0.1) is 0 Å². The van der Waals surface area contributed by atoms with E-state index in [1.165, 1.54) is 19.2 Å². The molecule has 2 N–H and O–H groups in total. The van der Waals surface area contributed by atoms with E-state index in [1.54, 1.807) is 13.0 Å². The molecule has 20 heavy (non-hydrogen) atoms. The van der Waals surface area contributed by atoms with Gasteiger partial charge in [-0.3, -0.25) is 0 Å². The van der Waals surface area contributed by atoms with E-state index in [4.69, 9.17) is 14.6 Å². The molecule has 1 unspecified atom stereocenters. The molecule has 0 aromatic heterocycles. The zero-order chi connectivity index (χ0) is 14.8. The Labute approximate surface area is 118 Å². The molecule has 1 saturated heterocycles. The number of aliphatic hydroxyl groups excluding tert-OH is 1. The Hall–Kier alpha value is -1.15. The van der Waals surface area contributed by atoms with Crippen LogP contribution in [0.2, 0.25) is 0 Å². The zero-order valence-corrected chi connectivity index (χ0v) is 12.4. The maximum absolute atomic E-state index is 12.5. The third-order valence-electron chi connectivity index (χ3n) is 3.30. The van der Waals surface area contributed by atoms with Crippen molar-refractivity contribution in [1.29, 1.82) is 0 Å². The van der Waals surface area contributed by atoms with E-state index in [2.05, 4.69) is 4.72 Å². The Morgan fingerprint density at radius 2 is 2.25 bits per heavy atom. The van der Waals surface area contributed by atoms with Crippen molar-refractivity contribution in [2.45, 2.75) is 30.4 Å². The second kappa shape index (κ2) is 5.69. The van der Waals surface area contributed by atoms with Gasteiger partial charge in [-0.25, -0.2) is 13.1 Å². The number of rotatable bonds is 5. The number of hydrogen-bond acceptors (Lipinski definition) is 5. The van der Waals surface area contributed by atoms with Crippen LogP contribution in [0.15, 0.2) is 23.1 Å². The van der Waals surface area contributed by atoms with Crippen molar-refractivity contribution in [3.05, 3.63) is 23.8 Å². The zero-order valence-electron chi connectivity index (χ0n) is 11.5. The van der Waals surface area contributed by atoms with E-state index in [0.717, 1.165) is 0 Å². The first-order chi connectivity index (χ1) is 9.40. The number of methoxy groups -OCH3 is 1. The molecule has 0 saturated carbocycles. The van der Waals surface area contributed by atoms with Crippen LogP contribution in [-0.2, 0) is 21.4 Å². The fourth-order valence-corrected chi connectivity index (χ4v) is 3.80. The van der Waals surface area contributed by atoms with Crippen molar-refractivity contribution in [2.24, 2.45) is 0 Å². The smallest absolute Gasteiger partial charge is 0.244 e. The Morgan fingerprint density at radius 1 is 1.50 bits per heavy atom. The summed E-state index contributed by atoms with van der Waals surface area (Å²) < 4.78 is 38.0. The second-order valence-corrected chi connectivity index (χ2v) is 6.76. The van der Waals surface area contributed by atoms with Gasteiger partial charge in [0, 0.05) is 6.61 Å². The first-order valence-corrected chi connectivity index (χ1v) is 7.78. The number of aliphatic hydroxyl groups is 1. The van der Waals surface area contributed by atoms with E-state index in [0.29, 0.717) is 25.2 Å². The van der Waals surface area contributed by atoms with Crippen molar-refractivity contribution in [3.63, 3.8) is 0 Å². The van der Waals surface area contributed by atoms with E-state index in [9.17, 15) is 8.42 Å². The second-order valence-electron chi connectivity index (χ2n) is 5.11. The predicted octanol–water partition coefficient (Wildman–Crippen LogP) is 0.645. The van der Waals surface area contributed by atoms with Crippen LogP contribution in [0.5, 0.6) is 5.75 Å². The number of ether oxygens (including phenoxy) is 2. The van der Waals surface area contributed by atoms with E-state index >= 15 is 0 Å². The highest BCUT2D eigenvalue weighted by molar-refractivity contribution is 7.89. The Balaban J connectivity index is 2.37. The Kier molecular flexibility index (Phi) is 4.33. The lowest BCUT2D eigenvalue weighted by molar-refractivity contribution is 0.178. The lowest BCUT2D eigenvalue weighted by Gasteiger charge is -2.24. The quantitative estimate of drug-likeness (QED) is 0.834. The largest absolute Gasteiger partial charge is 0.495 e. The van der Waals surface area contributed by atoms with E-state index < -0.39 is 15.6 Å². The molecule has 1 aromatic carbocycles. The summed E-state index contributed by atoms with van der Waals surface area (Å²) in [5, 5.41) is 9.15. The minimum atomic E-state index is -3.74. The Morgan fingerprint density at radius 3 is 2.80 bits per heavy atom. The van der Waals surface area contributed by atoms with E-state index in [1.807, 2.05) is 0 Å². The third kappa shape index (κ3) is 3.12. The number of sulfonamides is 1. The van der Waals surface area contributed by atoms with Crippen LogP contribution < -0.4 is 9.46 Å². The maximum Gasteiger partial charge on any atom is 0.244 e. The molecular formula is C13H19NO5S. The average molecular weight is 301 g/mol. The van der Waals surface area contributed by atoms with Gasteiger partial charge in [-0.15, -0.1) is 0 Å². The summed E-state index contributed by atoms with van der Waals surface area (Å²) in [4.78, 5) is 0.0275. The average Bonchev–Trinajstić information content (AvgIpc) is 2.83. The summed E-state index contributed by atoms with van der Waals surface area (Å²) in [7, 11) is -2.33. The predicted molar refractivity (Wildman–Crippen MR) is 73.1 cm³/mol. The van der Waals surface area contributed by atoms with Gasteiger partial charge in [-0.05, 0) is 31.0 Å². The molecule has 1 fully saturated rings. The van der Waals surface area contributed by atoms with Crippen LogP contribution in [0.1, 0.15) is 18.9 Å². The molecule has 0 amide bonds. The minimum Gasteiger partial charge on any atom is -0.495 e. The van der Waals surface area contributed by atoms with Gasteiger partial charge in [0.1, 0.15) is 10.6 Å². The molecule has 0 spiro atoms. The van der Waals surface area contributed by atoms with Crippen LogP contribution in [-0.4, -0.2) is 39.4 Å². The lowest BCUT2D eigenvalue weighted by atomic mass is 10.0.